The predicted molar refractivity (Wildman–Crippen MR) is 117 cm³/mol. The number of hydrogen-bond donors (Lipinski definition) is 3. The highest BCUT2D eigenvalue weighted by molar-refractivity contribution is 5.84. The van der Waals surface area contributed by atoms with Crippen LogP contribution in [-0.4, -0.2) is 34.1 Å². The van der Waals surface area contributed by atoms with Crippen LogP contribution in [-0.2, 0) is 11.3 Å². The third kappa shape index (κ3) is 4.42. The SMILES string of the molecule is COc1ccc(C(CNC(=O)Cn2ccc(=O)[nH]c2=O)c2c[nH]c3ccccc23)cc1. The van der Waals surface area contributed by atoms with Crippen molar-refractivity contribution in [1.82, 2.24) is 19.9 Å². The molecule has 1 unspecified atom stereocenters. The quantitative estimate of drug-likeness (QED) is 0.426. The van der Waals surface area contributed by atoms with E-state index >= 15 is 0 Å². The van der Waals surface area contributed by atoms with Crippen LogP contribution in [0.2, 0.25) is 0 Å². The molecule has 0 bridgehead atoms. The largest absolute Gasteiger partial charge is 0.497 e. The van der Waals surface area contributed by atoms with E-state index in [0.29, 0.717) is 6.54 Å². The number of ether oxygens (including phenoxy) is 1. The molecule has 0 aliphatic carbocycles. The van der Waals surface area contributed by atoms with Crippen molar-refractivity contribution in [2.75, 3.05) is 13.7 Å². The second-order valence-corrected chi connectivity index (χ2v) is 7.16. The number of rotatable bonds is 7. The summed E-state index contributed by atoms with van der Waals surface area (Å²) < 4.78 is 6.42. The average molecular weight is 418 g/mol. The molecule has 2 heterocycles. The summed E-state index contributed by atoms with van der Waals surface area (Å²) in [5.74, 6) is 0.314. The monoisotopic (exact) mass is 418 g/mol. The van der Waals surface area contributed by atoms with Crippen LogP contribution in [0.1, 0.15) is 17.0 Å². The van der Waals surface area contributed by atoms with E-state index in [2.05, 4.69) is 15.3 Å². The van der Waals surface area contributed by atoms with Crippen LogP contribution in [0.5, 0.6) is 5.75 Å². The zero-order chi connectivity index (χ0) is 21.8. The molecule has 4 rings (SSSR count). The molecule has 31 heavy (non-hydrogen) atoms. The van der Waals surface area contributed by atoms with Crippen LogP contribution in [0.3, 0.4) is 0 Å². The van der Waals surface area contributed by atoms with Gasteiger partial charge in [-0.05, 0) is 29.3 Å². The molecule has 0 aliphatic heterocycles. The molecule has 0 saturated carbocycles. The van der Waals surface area contributed by atoms with Gasteiger partial charge in [0.1, 0.15) is 12.3 Å². The Morgan fingerprint density at radius 2 is 1.87 bits per heavy atom. The Morgan fingerprint density at radius 3 is 2.61 bits per heavy atom. The Hall–Kier alpha value is -4.07. The molecule has 0 fully saturated rings. The van der Waals surface area contributed by atoms with Crippen molar-refractivity contribution in [3.8, 4) is 5.75 Å². The minimum Gasteiger partial charge on any atom is -0.497 e. The third-order valence-electron chi connectivity index (χ3n) is 5.23. The number of carbonyl (C=O) groups excluding carboxylic acids is 1. The van der Waals surface area contributed by atoms with Crippen molar-refractivity contribution in [2.24, 2.45) is 0 Å². The summed E-state index contributed by atoms with van der Waals surface area (Å²) in [5.41, 5.74) is 1.98. The number of aromatic amines is 2. The highest BCUT2D eigenvalue weighted by Crippen LogP contribution is 2.31. The first-order chi connectivity index (χ1) is 15.0. The molecular formula is C23H22N4O4. The van der Waals surface area contributed by atoms with Gasteiger partial charge in [0, 0.05) is 41.8 Å². The van der Waals surface area contributed by atoms with Gasteiger partial charge in [-0.2, -0.15) is 0 Å². The number of hydrogen-bond acceptors (Lipinski definition) is 4. The van der Waals surface area contributed by atoms with Crippen molar-refractivity contribution >= 4 is 16.8 Å². The number of methoxy groups -OCH3 is 1. The molecule has 0 saturated heterocycles. The maximum atomic E-state index is 12.5. The average Bonchev–Trinajstić information content (AvgIpc) is 3.20. The molecule has 3 N–H and O–H groups in total. The first-order valence-electron chi connectivity index (χ1n) is 9.81. The van der Waals surface area contributed by atoms with Crippen molar-refractivity contribution < 1.29 is 9.53 Å². The number of benzene rings is 2. The Kier molecular flexibility index (Phi) is 5.70. The molecule has 8 heteroatoms. The van der Waals surface area contributed by atoms with Crippen LogP contribution in [0, 0.1) is 0 Å². The van der Waals surface area contributed by atoms with Gasteiger partial charge in [0.05, 0.1) is 7.11 Å². The molecule has 158 valence electrons. The molecule has 0 spiro atoms. The van der Waals surface area contributed by atoms with E-state index in [-0.39, 0.29) is 18.4 Å². The summed E-state index contributed by atoms with van der Waals surface area (Å²) in [7, 11) is 1.62. The van der Waals surface area contributed by atoms with E-state index in [1.807, 2.05) is 54.7 Å². The standard InChI is InChI=1S/C23H22N4O4/c1-31-16-8-6-15(7-9-16)18(19-13-24-20-5-3-2-4-17(19)20)12-25-22(29)14-27-11-10-21(28)26-23(27)30/h2-11,13,18,24H,12,14H2,1H3,(H,25,29)(H,26,28,30). The van der Waals surface area contributed by atoms with Crippen molar-refractivity contribution in [2.45, 2.75) is 12.5 Å². The molecule has 1 atom stereocenters. The second kappa shape index (κ2) is 8.74. The van der Waals surface area contributed by atoms with Gasteiger partial charge in [-0.1, -0.05) is 30.3 Å². The lowest BCUT2D eigenvalue weighted by molar-refractivity contribution is -0.121. The Balaban J connectivity index is 1.59. The van der Waals surface area contributed by atoms with Gasteiger partial charge in [-0.15, -0.1) is 0 Å². The van der Waals surface area contributed by atoms with Crippen molar-refractivity contribution in [3.05, 3.63) is 99.0 Å². The van der Waals surface area contributed by atoms with Gasteiger partial charge in [0.25, 0.3) is 5.56 Å². The lowest BCUT2D eigenvalue weighted by Crippen LogP contribution is -2.37. The Morgan fingerprint density at radius 1 is 1.10 bits per heavy atom. The molecule has 0 aliphatic rings. The highest BCUT2D eigenvalue weighted by atomic mass is 16.5. The number of nitrogens with one attached hydrogen (secondary N) is 3. The van der Waals surface area contributed by atoms with Gasteiger partial charge < -0.3 is 15.0 Å². The van der Waals surface area contributed by atoms with E-state index in [0.717, 1.165) is 32.3 Å². The maximum absolute atomic E-state index is 12.5. The maximum Gasteiger partial charge on any atom is 0.328 e. The first-order valence-corrected chi connectivity index (χ1v) is 9.81. The molecule has 0 radical (unpaired) electrons. The van der Waals surface area contributed by atoms with Crippen LogP contribution in [0.15, 0.2) is 76.6 Å². The Labute approximate surface area is 177 Å². The molecule has 2 aromatic carbocycles. The molecule has 1 amide bonds. The fourth-order valence-electron chi connectivity index (χ4n) is 3.62. The number of H-pyrrole nitrogens is 2. The van der Waals surface area contributed by atoms with Crippen LogP contribution in [0.25, 0.3) is 10.9 Å². The summed E-state index contributed by atoms with van der Waals surface area (Å²) in [4.78, 5) is 41.0. The van der Waals surface area contributed by atoms with Crippen LogP contribution < -0.4 is 21.3 Å². The van der Waals surface area contributed by atoms with Crippen LogP contribution >= 0.6 is 0 Å². The molecule has 2 aromatic heterocycles. The summed E-state index contributed by atoms with van der Waals surface area (Å²) >= 11 is 0. The first kappa shape index (κ1) is 20.2. The van der Waals surface area contributed by atoms with E-state index in [9.17, 15) is 14.4 Å². The summed E-state index contributed by atoms with van der Waals surface area (Å²) in [6.45, 7) is 0.157. The fraction of sp³-hybridized carbons (Fsp3) is 0.174. The van der Waals surface area contributed by atoms with E-state index in [4.69, 9.17) is 4.74 Å². The van der Waals surface area contributed by atoms with Gasteiger partial charge >= 0.3 is 5.69 Å². The second-order valence-electron chi connectivity index (χ2n) is 7.16. The number of para-hydroxylation sites is 1. The number of nitrogens with zero attached hydrogens (tertiary/aromatic N) is 1. The molecular weight excluding hydrogens is 396 g/mol. The summed E-state index contributed by atoms with van der Waals surface area (Å²) in [6, 6.07) is 16.9. The predicted octanol–water partition coefficient (Wildman–Crippen LogP) is 1.97. The lowest BCUT2D eigenvalue weighted by atomic mass is 9.91. The fourth-order valence-corrected chi connectivity index (χ4v) is 3.62. The topological polar surface area (TPSA) is 109 Å². The smallest absolute Gasteiger partial charge is 0.328 e. The number of fused-ring (bicyclic) bond motifs is 1. The van der Waals surface area contributed by atoms with Crippen molar-refractivity contribution in [1.29, 1.82) is 0 Å². The number of carbonyl (C=O) groups is 1. The summed E-state index contributed by atoms with van der Waals surface area (Å²) in [6.07, 6.45) is 3.26. The van der Waals surface area contributed by atoms with Gasteiger partial charge in [0.15, 0.2) is 0 Å². The normalized spacial score (nSPS) is 11.9. The summed E-state index contributed by atoms with van der Waals surface area (Å²) in [5, 5.41) is 4.00. The van der Waals surface area contributed by atoms with Gasteiger partial charge in [0.2, 0.25) is 5.91 Å². The van der Waals surface area contributed by atoms with E-state index in [1.165, 1.54) is 12.3 Å². The van der Waals surface area contributed by atoms with Crippen LogP contribution in [0.4, 0.5) is 0 Å². The number of amides is 1. The lowest BCUT2D eigenvalue weighted by Gasteiger charge is -2.19. The highest BCUT2D eigenvalue weighted by Gasteiger charge is 2.19. The Bertz CT molecular complexity index is 1320. The molecule has 4 aromatic rings. The van der Waals surface area contributed by atoms with Gasteiger partial charge in [-0.25, -0.2) is 4.79 Å². The van der Waals surface area contributed by atoms with E-state index in [1.54, 1.807) is 7.11 Å². The third-order valence-corrected chi connectivity index (χ3v) is 5.23. The van der Waals surface area contributed by atoms with Gasteiger partial charge in [-0.3, -0.25) is 19.1 Å². The minimum atomic E-state index is -0.619. The zero-order valence-corrected chi connectivity index (χ0v) is 16.9. The minimum absolute atomic E-state index is 0.113. The molecule has 8 nitrogen and oxygen atoms in total. The van der Waals surface area contributed by atoms with Crippen molar-refractivity contribution in [3.63, 3.8) is 0 Å². The van der Waals surface area contributed by atoms with E-state index < -0.39 is 11.2 Å². The number of aromatic nitrogens is 3. The zero-order valence-electron chi connectivity index (χ0n) is 16.9.